The summed E-state index contributed by atoms with van der Waals surface area (Å²) in [5.74, 6) is 0. The van der Waals surface area contributed by atoms with Crippen LogP contribution in [0.2, 0.25) is 0 Å². The first-order valence-corrected chi connectivity index (χ1v) is 6.88. The molecule has 2 nitrogen and oxygen atoms in total. The molecule has 0 spiro atoms. The minimum absolute atomic E-state index is 0.628. The van der Waals surface area contributed by atoms with Crippen LogP contribution in [0, 0.1) is 3.57 Å². The molecule has 0 amide bonds. The summed E-state index contributed by atoms with van der Waals surface area (Å²) in [6.45, 7) is 6.85. The van der Waals surface area contributed by atoms with Crippen molar-refractivity contribution in [2.45, 2.75) is 25.9 Å². The van der Waals surface area contributed by atoms with Gasteiger partial charge in [0.1, 0.15) is 0 Å². The molecule has 0 radical (unpaired) electrons. The van der Waals surface area contributed by atoms with E-state index in [1.165, 1.54) is 9.26 Å². The number of halogens is 1. The third-order valence-corrected chi connectivity index (χ3v) is 4.27. The van der Waals surface area contributed by atoms with Gasteiger partial charge in [0.2, 0.25) is 0 Å². The standard InChI is InChI=1S/C13H19IN2/c1-10-8-16(9-11(2)15(10)3)13-6-4-12(14)5-7-13/h4-7,10-11H,8-9H2,1-3H3/t10-,11+. The normalized spacial score (nSPS) is 27.1. The fraction of sp³-hybridized carbons (Fsp3) is 0.538. The van der Waals surface area contributed by atoms with Crippen molar-refractivity contribution in [2.75, 3.05) is 25.0 Å². The van der Waals surface area contributed by atoms with Crippen LogP contribution >= 0.6 is 22.6 Å². The van der Waals surface area contributed by atoms with Crippen LogP contribution in [0.5, 0.6) is 0 Å². The second-order valence-corrected chi connectivity index (χ2v) is 5.99. The second-order valence-electron chi connectivity index (χ2n) is 4.74. The van der Waals surface area contributed by atoms with Crippen molar-refractivity contribution < 1.29 is 0 Å². The van der Waals surface area contributed by atoms with E-state index >= 15 is 0 Å². The Hall–Kier alpha value is -0.290. The fourth-order valence-electron chi connectivity index (χ4n) is 2.27. The lowest BCUT2D eigenvalue weighted by Gasteiger charge is -2.43. The monoisotopic (exact) mass is 330 g/mol. The average Bonchev–Trinajstić information content (AvgIpc) is 2.26. The maximum atomic E-state index is 2.49. The predicted molar refractivity (Wildman–Crippen MR) is 78.1 cm³/mol. The van der Waals surface area contributed by atoms with Gasteiger partial charge in [0.15, 0.2) is 0 Å². The molecule has 1 aliphatic heterocycles. The Bertz CT molecular complexity index is 337. The van der Waals surface area contributed by atoms with Gasteiger partial charge in [-0.3, -0.25) is 4.90 Å². The maximum Gasteiger partial charge on any atom is 0.0368 e. The fourth-order valence-corrected chi connectivity index (χ4v) is 2.63. The van der Waals surface area contributed by atoms with Crippen LogP contribution in [0.4, 0.5) is 5.69 Å². The molecule has 0 saturated carbocycles. The predicted octanol–water partition coefficient (Wildman–Crippen LogP) is 2.82. The molecule has 1 aliphatic rings. The van der Waals surface area contributed by atoms with Crippen molar-refractivity contribution in [1.82, 2.24) is 4.90 Å². The molecule has 0 aromatic heterocycles. The number of piperazine rings is 1. The minimum Gasteiger partial charge on any atom is -0.368 e. The molecule has 2 atom stereocenters. The van der Waals surface area contributed by atoms with Crippen LogP contribution in [0.15, 0.2) is 24.3 Å². The van der Waals surface area contributed by atoms with Gasteiger partial charge in [-0.25, -0.2) is 0 Å². The lowest BCUT2D eigenvalue weighted by molar-refractivity contribution is 0.170. The molecule has 1 saturated heterocycles. The van der Waals surface area contributed by atoms with Crippen molar-refractivity contribution in [1.29, 1.82) is 0 Å². The third kappa shape index (κ3) is 2.51. The quantitative estimate of drug-likeness (QED) is 0.731. The first-order chi connectivity index (χ1) is 7.58. The van der Waals surface area contributed by atoms with Gasteiger partial charge in [-0.05, 0) is 67.8 Å². The van der Waals surface area contributed by atoms with Gasteiger partial charge in [-0.15, -0.1) is 0 Å². The number of benzene rings is 1. The molecule has 1 fully saturated rings. The highest BCUT2D eigenvalue weighted by Gasteiger charge is 2.26. The first-order valence-electron chi connectivity index (χ1n) is 5.80. The Morgan fingerprint density at radius 1 is 1.06 bits per heavy atom. The van der Waals surface area contributed by atoms with Crippen LogP contribution in [0.3, 0.4) is 0 Å². The molecule has 16 heavy (non-hydrogen) atoms. The van der Waals surface area contributed by atoms with Crippen molar-refractivity contribution in [3.05, 3.63) is 27.8 Å². The molecule has 0 N–H and O–H groups in total. The summed E-state index contributed by atoms with van der Waals surface area (Å²) in [5, 5.41) is 0. The number of anilines is 1. The van der Waals surface area contributed by atoms with E-state index < -0.39 is 0 Å². The number of rotatable bonds is 1. The van der Waals surface area contributed by atoms with Gasteiger partial charge in [0, 0.05) is 34.4 Å². The van der Waals surface area contributed by atoms with Crippen LogP contribution in [-0.4, -0.2) is 37.1 Å². The summed E-state index contributed by atoms with van der Waals surface area (Å²) >= 11 is 2.35. The number of likely N-dealkylation sites (N-methyl/N-ethyl adjacent to an activating group) is 1. The summed E-state index contributed by atoms with van der Waals surface area (Å²) in [4.78, 5) is 4.95. The zero-order valence-corrected chi connectivity index (χ0v) is 12.3. The van der Waals surface area contributed by atoms with Gasteiger partial charge in [0.05, 0.1) is 0 Å². The van der Waals surface area contributed by atoms with E-state index in [9.17, 15) is 0 Å². The van der Waals surface area contributed by atoms with Gasteiger partial charge in [-0.2, -0.15) is 0 Å². The number of hydrogen-bond acceptors (Lipinski definition) is 2. The molecule has 0 bridgehead atoms. The SMILES string of the molecule is C[C@@H]1CN(c2ccc(I)cc2)C[C@H](C)N1C. The third-order valence-electron chi connectivity index (χ3n) is 3.55. The van der Waals surface area contributed by atoms with E-state index in [4.69, 9.17) is 0 Å². The van der Waals surface area contributed by atoms with Gasteiger partial charge in [0.25, 0.3) is 0 Å². The van der Waals surface area contributed by atoms with E-state index in [1.807, 2.05) is 0 Å². The van der Waals surface area contributed by atoms with Gasteiger partial charge >= 0.3 is 0 Å². The summed E-state index contributed by atoms with van der Waals surface area (Å²) in [5.41, 5.74) is 1.35. The van der Waals surface area contributed by atoms with E-state index in [1.54, 1.807) is 0 Å². The largest absolute Gasteiger partial charge is 0.368 e. The molecular formula is C13H19IN2. The summed E-state index contributed by atoms with van der Waals surface area (Å²) in [7, 11) is 2.22. The van der Waals surface area contributed by atoms with Crippen LogP contribution in [-0.2, 0) is 0 Å². The minimum atomic E-state index is 0.628. The molecule has 0 unspecified atom stereocenters. The van der Waals surface area contributed by atoms with Crippen molar-refractivity contribution >= 4 is 28.3 Å². The Balaban J connectivity index is 2.13. The Morgan fingerprint density at radius 3 is 2.06 bits per heavy atom. The topological polar surface area (TPSA) is 6.48 Å². The Morgan fingerprint density at radius 2 is 1.56 bits per heavy atom. The van der Waals surface area contributed by atoms with E-state index in [2.05, 4.69) is 77.6 Å². The molecule has 0 aliphatic carbocycles. The van der Waals surface area contributed by atoms with Crippen LogP contribution in [0.1, 0.15) is 13.8 Å². The Kier molecular flexibility index (Phi) is 3.74. The summed E-state index contributed by atoms with van der Waals surface area (Å²) < 4.78 is 1.30. The number of nitrogens with zero attached hydrogens (tertiary/aromatic N) is 2. The van der Waals surface area contributed by atoms with Crippen molar-refractivity contribution in [3.63, 3.8) is 0 Å². The first kappa shape index (κ1) is 12.2. The lowest BCUT2D eigenvalue weighted by Crippen LogP contribution is -2.55. The summed E-state index contributed by atoms with van der Waals surface area (Å²) in [6, 6.07) is 10.1. The van der Waals surface area contributed by atoms with Gasteiger partial charge < -0.3 is 4.90 Å². The molecular weight excluding hydrogens is 311 g/mol. The van der Waals surface area contributed by atoms with Crippen molar-refractivity contribution in [2.24, 2.45) is 0 Å². The molecule has 3 heteroatoms. The average molecular weight is 330 g/mol. The van der Waals surface area contributed by atoms with Gasteiger partial charge in [-0.1, -0.05) is 0 Å². The molecule has 2 rings (SSSR count). The molecule has 1 heterocycles. The Labute approximate surface area is 112 Å². The van der Waals surface area contributed by atoms with E-state index in [0.29, 0.717) is 12.1 Å². The lowest BCUT2D eigenvalue weighted by atomic mass is 10.1. The zero-order valence-electron chi connectivity index (χ0n) is 10.2. The highest BCUT2D eigenvalue weighted by molar-refractivity contribution is 14.1. The molecule has 1 aromatic carbocycles. The maximum absolute atomic E-state index is 2.49. The summed E-state index contributed by atoms with van der Waals surface area (Å²) in [6.07, 6.45) is 0. The van der Waals surface area contributed by atoms with Crippen LogP contribution < -0.4 is 4.90 Å². The van der Waals surface area contributed by atoms with Crippen LogP contribution in [0.25, 0.3) is 0 Å². The smallest absolute Gasteiger partial charge is 0.0368 e. The highest BCUT2D eigenvalue weighted by Crippen LogP contribution is 2.22. The number of hydrogen-bond donors (Lipinski definition) is 0. The molecule has 88 valence electrons. The van der Waals surface area contributed by atoms with E-state index in [-0.39, 0.29) is 0 Å². The second kappa shape index (κ2) is 4.92. The van der Waals surface area contributed by atoms with E-state index in [0.717, 1.165) is 13.1 Å². The highest BCUT2D eigenvalue weighted by atomic mass is 127. The zero-order chi connectivity index (χ0) is 11.7. The molecule has 1 aromatic rings. The van der Waals surface area contributed by atoms with Crippen molar-refractivity contribution in [3.8, 4) is 0 Å².